The molecule has 15 nitrogen and oxygen atoms in total. The first-order chi connectivity index (χ1) is 31.6. The van der Waals surface area contributed by atoms with Crippen molar-refractivity contribution >= 4 is 46.1 Å². The van der Waals surface area contributed by atoms with E-state index in [-0.39, 0.29) is 22.8 Å². The Hall–Kier alpha value is -7.00. The average molecular weight is 877 g/mol. The van der Waals surface area contributed by atoms with Crippen LogP contribution in [0.3, 0.4) is 0 Å². The minimum atomic E-state index is -1.10. The van der Waals surface area contributed by atoms with E-state index in [0.29, 0.717) is 75.9 Å². The van der Waals surface area contributed by atoms with Gasteiger partial charge in [-0.3, -0.25) is 5.32 Å². The summed E-state index contributed by atoms with van der Waals surface area (Å²) in [5.74, 6) is 1.09. The van der Waals surface area contributed by atoms with Crippen LogP contribution in [0.25, 0.3) is 10.8 Å². The second-order valence-electron chi connectivity index (χ2n) is 16.7. The number of rotatable bonds is 17. The molecule has 1 aromatic heterocycles. The number of carboxylic acids is 2. The lowest BCUT2D eigenvalue weighted by Crippen LogP contribution is -2.17. The number of carbonyl (C=O) groups is 2. The second kappa shape index (κ2) is 18.6. The molecule has 5 aromatic rings. The molecule has 4 aromatic carbocycles. The lowest BCUT2D eigenvalue weighted by atomic mass is 10.0. The van der Waals surface area contributed by atoms with E-state index in [1.807, 2.05) is 31.2 Å². The molecule has 0 amide bonds. The fraction of sp³-hybridized carbons (Fsp3) is 0.360. The molecule has 0 spiro atoms. The number of hydrogen-bond donors (Lipinski definition) is 4. The molecule has 4 aliphatic heterocycles. The highest BCUT2D eigenvalue weighted by atomic mass is 16.5. The molecule has 334 valence electrons. The maximum Gasteiger partial charge on any atom is 0.335 e. The molecule has 0 fully saturated rings. The van der Waals surface area contributed by atoms with Crippen LogP contribution in [-0.4, -0.2) is 70.3 Å². The third-order valence-corrected chi connectivity index (χ3v) is 12.0. The summed E-state index contributed by atoms with van der Waals surface area (Å²) in [7, 11) is 0. The number of hydrogen-bond acceptors (Lipinski definition) is 12. The van der Waals surface area contributed by atoms with E-state index in [9.17, 15) is 19.8 Å². The van der Waals surface area contributed by atoms with Gasteiger partial charge >= 0.3 is 11.9 Å². The predicted octanol–water partition coefficient (Wildman–Crippen LogP) is 8.55. The van der Waals surface area contributed by atoms with Crippen LogP contribution in [0.15, 0.2) is 90.6 Å². The first-order valence-electron chi connectivity index (χ1n) is 22.6. The minimum absolute atomic E-state index is 0.0612. The summed E-state index contributed by atoms with van der Waals surface area (Å²) in [6.07, 6.45) is 7.63. The summed E-state index contributed by atoms with van der Waals surface area (Å²) in [5.41, 5.74) is 5.89. The van der Waals surface area contributed by atoms with Crippen molar-refractivity contribution in [2.24, 2.45) is 30.0 Å². The molecule has 0 aliphatic carbocycles. The number of aliphatic imine (C=N–C) groups is 4. The number of carboxylic acid groups (broad SMARTS) is 2. The third-order valence-electron chi connectivity index (χ3n) is 12.0. The number of benzene rings is 4. The van der Waals surface area contributed by atoms with Crippen molar-refractivity contribution < 1.29 is 34.0 Å². The van der Waals surface area contributed by atoms with Crippen LogP contribution in [0.4, 0.5) is 0 Å². The van der Waals surface area contributed by atoms with E-state index < -0.39 is 24.3 Å². The molecule has 4 N–H and O–H groups in total. The zero-order chi connectivity index (χ0) is 45.2. The zero-order valence-electron chi connectivity index (χ0n) is 37.0. The molecular formula is C50H52N8O7. The van der Waals surface area contributed by atoms with E-state index >= 15 is 0 Å². The smallest absolute Gasteiger partial charge is 0.335 e. The Balaban J connectivity index is 1.29. The van der Waals surface area contributed by atoms with Gasteiger partial charge < -0.3 is 29.4 Å². The van der Waals surface area contributed by atoms with Crippen molar-refractivity contribution in [1.29, 1.82) is 0 Å². The normalized spacial score (nSPS) is 18.2. The minimum Gasteiger partial charge on any atom is -0.493 e. The average Bonchev–Trinajstić information content (AvgIpc) is 4.02. The number of nitrogens with one attached hydrogen (secondary N) is 2. The second-order valence-corrected chi connectivity index (χ2v) is 16.7. The zero-order valence-corrected chi connectivity index (χ0v) is 37.0. The van der Waals surface area contributed by atoms with E-state index in [2.05, 4.69) is 31.1 Å². The fourth-order valence-corrected chi connectivity index (χ4v) is 8.47. The van der Waals surface area contributed by atoms with Crippen LogP contribution in [0.2, 0.25) is 0 Å². The van der Waals surface area contributed by atoms with E-state index in [1.165, 1.54) is 12.1 Å². The number of aromatic carboxylic acids is 2. The van der Waals surface area contributed by atoms with Crippen molar-refractivity contribution in [3.63, 3.8) is 0 Å². The molecule has 5 heterocycles. The van der Waals surface area contributed by atoms with Gasteiger partial charge in [-0.15, -0.1) is 0 Å². The molecule has 65 heavy (non-hydrogen) atoms. The lowest BCUT2D eigenvalue weighted by molar-refractivity contribution is 0.0686. The van der Waals surface area contributed by atoms with Crippen molar-refractivity contribution in [3.8, 4) is 17.2 Å². The molecule has 0 saturated heterocycles. The number of aryl methyl sites for hydroxylation is 1. The molecule has 2 atom stereocenters. The number of nitrogens with zero attached hydrogens (tertiary/aromatic N) is 6. The molecule has 0 radical (unpaired) electrons. The van der Waals surface area contributed by atoms with Crippen molar-refractivity contribution in [2.45, 2.75) is 97.8 Å². The SMILES string of the molecule is CCCCCOc1cc2c(cc1C)/C1=N/C3NC(/N=C4\N=C(N=c5[nH]c(c6ccc(C(=O)O)cc56)=NC2=N1)c1ccc(C(=O)O)cc14)c1cc(OCCCCC)c(OCCCCC)cc13. The summed E-state index contributed by atoms with van der Waals surface area (Å²) in [5, 5.41) is 24.8. The van der Waals surface area contributed by atoms with Gasteiger partial charge in [0.25, 0.3) is 0 Å². The summed E-state index contributed by atoms with van der Waals surface area (Å²) in [6, 6.07) is 17.4. The summed E-state index contributed by atoms with van der Waals surface area (Å²) >= 11 is 0. The van der Waals surface area contributed by atoms with Crippen LogP contribution in [0, 0.1) is 6.92 Å². The summed E-state index contributed by atoms with van der Waals surface area (Å²) < 4.78 is 19.2. The number of unbranched alkanes of at least 4 members (excludes halogenated alkanes) is 6. The van der Waals surface area contributed by atoms with Gasteiger partial charge in [0, 0.05) is 44.2 Å². The number of aromatic nitrogens is 1. The van der Waals surface area contributed by atoms with Crippen molar-refractivity contribution in [3.05, 3.63) is 122 Å². The Labute approximate surface area is 375 Å². The molecule has 15 heteroatoms. The van der Waals surface area contributed by atoms with Gasteiger partial charge in [-0.2, -0.15) is 0 Å². The first-order valence-corrected chi connectivity index (χ1v) is 22.6. The van der Waals surface area contributed by atoms with Crippen LogP contribution in [-0.2, 0) is 0 Å². The first kappa shape index (κ1) is 43.3. The van der Waals surface area contributed by atoms with E-state index in [0.717, 1.165) is 91.4 Å². The molecule has 9 rings (SSSR count). The van der Waals surface area contributed by atoms with E-state index in [1.54, 1.807) is 24.3 Å². The lowest BCUT2D eigenvalue weighted by Gasteiger charge is -2.16. The highest BCUT2D eigenvalue weighted by Gasteiger charge is 2.36. The Kier molecular flexibility index (Phi) is 12.4. The maximum atomic E-state index is 12.3. The molecule has 0 saturated carbocycles. The summed E-state index contributed by atoms with van der Waals surface area (Å²) in [4.78, 5) is 58.6. The Bertz CT molecular complexity index is 2980. The van der Waals surface area contributed by atoms with Gasteiger partial charge in [0.2, 0.25) is 0 Å². The highest BCUT2D eigenvalue weighted by Crippen LogP contribution is 2.44. The van der Waals surface area contributed by atoms with Gasteiger partial charge in [0.15, 0.2) is 34.8 Å². The number of amidine groups is 4. The van der Waals surface area contributed by atoms with Gasteiger partial charge in [0.05, 0.1) is 30.9 Å². The topological polar surface area (TPSA) is 204 Å². The third kappa shape index (κ3) is 8.67. The van der Waals surface area contributed by atoms with Gasteiger partial charge in [0.1, 0.15) is 29.1 Å². The van der Waals surface area contributed by atoms with E-state index in [4.69, 9.17) is 44.2 Å². The van der Waals surface area contributed by atoms with Crippen LogP contribution in [0.5, 0.6) is 17.2 Å². The standard InChI is InChI=1S/C50H52N8O7/c1-5-8-11-18-63-38-24-35-32(21-27(38)4)43-55-46(35)54-42-30-16-14-28(49(59)60)22-33(30)44(52-42)51-41-31-17-15-29(50(61)62)23-34(31)45(53-41)57-48-37-26-40(65-20-13-10-7-3)39(64-19-12-9-6-2)25-36(37)47(56-43)58-48/h14-17,21-26,47-48,58H,5-13,18-20H2,1-4H3,(H,59,60)(H,61,62)(H,51,52,53,54,55,56,57). The monoisotopic (exact) mass is 876 g/mol. The van der Waals surface area contributed by atoms with Gasteiger partial charge in [-0.05, 0) is 92.4 Å². The van der Waals surface area contributed by atoms with Crippen molar-refractivity contribution in [1.82, 2.24) is 10.3 Å². The summed E-state index contributed by atoms with van der Waals surface area (Å²) in [6.45, 7) is 10.1. The van der Waals surface area contributed by atoms with Crippen LogP contribution in [0.1, 0.15) is 151 Å². The van der Waals surface area contributed by atoms with Crippen LogP contribution >= 0.6 is 0 Å². The fourth-order valence-electron chi connectivity index (χ4n) is 8.47. The number of aromatic amines is 1. The largest absolute Gasteiger partial charge is 0.493 e. The number of fused-ring (bicyclic) bond motifs is 18. The Morgan fingerprint density at radius 2 is 1.03 bits per heavy atom. The molecular weight excluding hydrogens is 825 g/mol. The van der Waals surface area contributed by atoms with Gasteiger partial charge in [-0.25, -0.2) is 39.5 Å². The van der Waals surface area contributed by atoms with Gasteiger partial charge in [-0.1, -0.05) is 59.3 Å². The highest BCUT2D eigenvalue weighted by molar-refractivity contribution is 6.24. The molecule has 2 unspecified atom stereocenters. The van der Waals surface area contributed by atoms with Crippen molar-refractivity contribution in [2.75, 3.05) is 19.8 Å². The number of ether oxygens (including phenoxy) is 3. The quantitative estimate of drug-likeness (QED) is 0.0665. The van der Waals surface area contributed by atoms with Crippen LogP contribution < -0.4 is 30.5 Å². The Morgan fingerprint density at radius 1 is 0.538 bits per heavy atom. The number of H-pyrrole nitrogens is 1. The maximum absolute atomic E-state index is 12.3. The predicted molar refractivity (Wildman–Crippen MR) is 248 cm³/mol. The molecule has 8 bridgehead atoms. The molecule has 4 aliphatic rings. The Morgan fingerprint density at radius 3 is 1.60 bits per heavy atom.